The summed E-state index contributed by atoms with van der Waals surface area (Å²) < 4.78 is 26.6. The first-order valence-corrected chi connectivity index (χ1v) is 6.06. The lowest BCUT2D eigenvalue weighted by Gasteiger charge is -2.06. The number of nitrogens with one attached hydrogen (secondary N) is 1. The van der Waals surface area contributed by atoms with Crippen molar-refractivity contribution in [1.82, 2.24) is 0 Å². The van der Waals surface area contributed by atoms with Crippen LogP contribution >= 0.6 is 0 Å². The number of halogens is 2. The van der Waals surface area contributed by atoms with Gasteiger partial charge in [0.25, 0.3) is 5.91 Å². The van der Waals surface area contributed by atoms with Crippen molar-refractivity contribution in [2.24, 2.45) is 0 Å². The van der Waals surface area contributed by atoms with Gasteiger partial charge in [0.15, 0.2) is 0 Å². The first kappa shape index (κ1) is 14.7. The van der Waals surface area contributed by atoms with Crippen LogP contribution in [0.5, 0.6) is 0 Å². The minimum atomic E-state index is -0.723. The molecule has 2 aromatic carbocycles. The summed E-state index contributed by atoms with van der Waals surface area (Å²) in [5.41, 5.74) is 0.582. The third-order valence-electron chi connectivity index (χ3n) is 2.63. The molecule has 0 spiro atoms. The van der Waals surface area contributed by atoms with E-state index in [1.807, 2.05) is 0 Å². The highest BCUT2D eigenvalue weighted by Gasteiger charge is 2.12. The molecular weight excluding hydrogens is 276 g/mol. The van der Waals surface area contributed by atoms with Gasteiger partial charge in [0, 0.05) is 11.3 Å². The van der Waals surface area contributed by atoms with E-state index in [0.29, 0.717) is 11.3 Å². The molecule has 0 fully saturated rings. The molecule has 0 aliphatic heterocycles. The average molecular weight is 287 g/mol. The maximum Gasteiger partial charge on any atom is 0.258 e. The number of carbonyl (C=O) groups is 1. The molecule has 3 nitrogen and oxygen atoms in total. The van der Waals surface area contributed by atoms with E-state index in [2.05, 4.69) is 17.2 Å². The molecule has 2 aromatic rings. The fourth-order valence-corrected chi connectivity index (χ4v) is 1.65. The Balaban J connectivity index is 2.17. The Hall–Kier alpha value is -2.71. The molecule has 0 aliphatic rings. The van der Waals surface area contributed by atoms with E-state index < -0.39 is 17.5 Å². The summed E-state index contributed by atoms with van der Waals surface area (Å²) in [6.45, 7) is -0.325. The highest BCUT2D eigenvalue weighted by Crippen LogP contribution is 2.14. The van der Waals surface area contributed by atoms with Gasteiger partial charge in [-0.15, -0.1) is 0 Å². The third-order valence-corrected chi connectivity index (χ3v) is 2.63. The van der Waals surface area contributed by atoms with Gasteiger partial charge < -0.3 is 10.4 Å². The number of aliphatic hydroxyl groups is 1. The second-order valence-electron chi connectivity index (χ2n) is 4.12. The van der Waals surface area contributed by atoms with Crippen LogP contribution in [-0.2, 0) is 0 Å². The van der Waals surface area contributed by atoms with Crippen molar-refractivity contribution in [2.75, 3.05) is 11.9 Å². The van der Waals surface area contributed by atoms with Crippen molar-refractivity contribution in [3.8, 4) is 11.8 Å². The zero-order chi connectivity index (χ0) is 15.2. The lowest BCUT2D eigenvalue weighted by molar-refractivity contribution is 0.102. The fraction of sp³-hybridized carbons (Fsp3) is 0.0625. The van der Waals surface area contributed by atoms with Gasteiger partial charge in [-0.05, 0) is 42.5 Å². The normalized spacial score (nSPS) is 9.67. The first-order chi connectivity index (χ1) is 10.1. The van der Waals surface area contributed by atoms with Crippen LogP contribution in [0.3, 0.4) is 0 Å². The summed E-state index contributed by atoms with van der Waals surface area (Å²) in [7, 11) is 0. The van der Waals surface area contributed by atoms with E-state index >= 15 is 0 Å². The highest BCUT2D eigenvalue weighted by atomic mass is 19.1. The fourth-order valence-electron chi connectivity index (χ4n) is 1.65. The molecule has 0 heterocycles. The monoisotopic (exact) mass is 287 g/mol. The van der Waals surface area contributed by atoms with Gasteiger partial charge in [-0.1, -0.05) is 11.8 Å². The molecular formula is C16H11F2NO2. The van der Waals surface area contributed by atoms with Crippen LogP contribution in [0.15, 0.2) is 42.5 Å². The van der Waals surface area contributed by atoms with Crippen LogP contribution in [0.2, 0.25) is 0 Å². The SMILES string of the molecule is O=C(Nc1ccc(F)cc1)c1ccc(C#CCO)cc1F. The molecule has 0 saturated carbocycles. The minimum absolute atomic E-state index is 0.145. The number of anilines is 1. The molecule has 5 heteroatoms. The average Bonchev–Trinajstić information content (AvgIpc) is 2.47. The van der Waals surface area contributed by atoms with E-state index in [9.17, 15) is 13.6 Å². The molecule has 0 saturated heterocycles. The van der Waals surface area contributed by atoms with Crippen molar-refractivity contribution in [2.45, 2.75) is 0 Å². The van der Waals surface area contributed by atoms with Crippen LogP contribution in [0, 0.1) is 23.5 Å². The molecule has 0 radical (unpaired) electrons. The summed E-state index contributed by atoms with van der Waals surface area (Å²) in [6, 6.07) is 9.04. The van der Waals surface area contributed by atoms with Crippen molar-refractivity contribution in [3.63, 3.8) is 0 Å². The summed E-state index contributed by atoms with van der Waals surface area (Å²) in [6.07, 6.45) is 0. The number of hydrogen-bond donors (Lipinski definition) is 2. The molecule has 0 unspecified atom stereocenters. The predicted octanol–water partition coefficient (Wildman–Crippen LogP) is 2.56. The van der Waals surface area contributed by atoms with Crippen molar-refractivity contribution < 1.29 is 18.7 Å². The Morgan fingerprint density at radius 2 is 1.86 bits per heavy atom. The largest absolute Gasteiger partial charge is 0.384 e. The van der Waals surface area contributed by atoms with Crippen LogP contribution in [0.4, 0.5) is 14.5 Å². The van der Waals surface area contributed by atoms with Crippen LogP contribution in [0.25, 0.3) is 0 Å². The van der Waals surface area contributed by atoms with Crippen molar-refractivity contribution in [3.05, 3.63) is 65.2 Å². The number of amides is 1. The predicted molar refractivity (Wildman–Crippen MR) is 74.7 cm³/mol. The number of rotatable bonds is 2. The second-order valence-corrected chi connectivity index (χ2v) is 4.12. The minimum Gasteiger partial charge on any atom is -0.384 e. The molecule has 0 bridgehead atoms. The Labute approximate surface area is 120 Å². The Morgan fingerprint density at radius 3 is 2.48 bits per heavy atom. The molecule has 106 valence electrons. The van der Waals surface area contributed by atoms with Gasteiger partial charge in [-0.25, -0.2) is 8.78 Å². The lowest BCUT2D eigenvalue weighted by Crippen LogP contribution is -2.13. The van der Waals surface area contributed by atoms with Crippen LogP contribution < -0.4 is 5.32 Å². The van der Waals surface area contributed by atoms with E-state index in [-0.39, 0.29) is 12.2 Å². The smallest absolute Gasteiger partial charge is 0.258 e. The number of aliphatic hydroxyl groups excluding tert-OH is 1. The third kappa shape index (κ3) is 3.88. The molecule has 1 amide bonds. The lowest BCUT2D eigenvalue weighted by atomic mass is 10.1. The molecule has 2 N–H and O–H groups in total. The topological polar surface area (TPSA) is 49.3 Å². The maximum absolute atomic E-state index is 13.8. The van der Waals surface area contributed by atoms with Crippen LogP contribution in [-0.4, -0.2) is 17.6 Å². The van der Waals surface area contributed by atoms with Gasteiger partial charge in [0.05, 0.1) is 5.56 Å². The Kier molecular flexibility index (Phi) is 4.64. The summed E-state index contributed by atoms with van der Waals surface area (Å²) >= 11 is 0. The van der Waals surface area contributed by atoms with Gasteiger partial charge in [0.1, 0.15) is 18.2 Å². The van der Waals surface area contributed by atoms with E-state index in [4.69, 9.17) is 5.11 Å². The van der Waals surface area contributed by atoms with E-state index in [0.717, 1.165) is 6.07 Å². The number of carbonyl (C=O) groups excluding carboxylic acids is 1. The summed E-state index contributed by atoms with van der Waals surface area (Å²) in [4.78, 5) is 11.9. The maximum atomic E-state index is 13.8. The Bertz CT molecular complexity index is 715. The standard InChI is InChI=1S/C16H11F2NO2/c17-12-4-6-13(7-5-12)19-16(21)14-8-3-11(2-1-9-20)10-15(14)18/h3-8,10,20H,9H2,(H,19,21). The quantitative estimate of drug-likeness (QED) is 0.834. The molecule has 0 aliphatic carbocycles. The first-order valence-electron chi connectivity index (χ1n) is 6.06. The number of benzene rings is 2. The van der Waals surface area contributed by atoms with E-state index in [1.54, 1.807) is 0 Å². The molecule has 0 aromatic heterocycles. The molecule has 0 atom stereocenters. The zero-order valence-electron chi connectivity index (χ0n) is 10.9. The van der Waals surface area contributed by atoms with Gasteiger partial charge in [-0.3, -0.25) is 4.79 Å². The van der Waals surface area contributed by atoms with E-state index in [1.165, 1.54) is 36.4 Å². The highest BCUT2D eigenvalue weighted by molar-refractivity contribution is 6.04. The zero-order valence-corrected chi connectivity index (χ0v) is 10.9. The van der Waals surface area contributed by atoms with Gasteiger partial charge >= 0.3 is 0 Å². The summed E-state index contributed by atoms with van der Waals surface area (Å²) in [5, 5.41) is 11.0. The Morgan fingerprint density at radius 1 is 1.14 bits per heavy atom. The van der Waals surface area contributed by atoms with Gasteiger partial charge in [0.2, 0.25) is 0 Å². The van der Waals surface area contributed by atoms with Crippen LogP contribution in [0.1, 0.15) is 15.9 Å². The molecule has 2 rings (SSSR count). The van der Waals surface area contributed by atoms with Crippen molar-refractivity contribution in [1.29, 1.82) is 0 Å². The second kappa shape index (κ2) is 6.64. The van der Waals surface area contributed by atoms with Gasteiger partial charge in [-0.2, -0.15) is 0 Å². The number of hydrogen-bond acceptors (Lipinski definition) is 2. The van der Waals surface area contributed by atoms with Crippen molar-refractivity contribution >= 4 is 11.6 Å². The molecule has 21 heavy (non-hydrogen) atoms. The summed E-state index contributed by atoms with van der Waals surface area (Å²) in [5.74, 6) is 3.15.